The Morgan fingerprint density at radius 1 is 1.25 bits per heavy atom. The van der Waals surface area contributed by atoms with Crippen LogP contribution in [0.5, 0.6) is 0 Å². The van der Waals surface area contributed by atoms with Crippen LogP contribution in [0.2, 0.25) is 0 Å². The van der Waals surface area contributed by atoms with Gasteiger partial charge in [-0.05, 0) is 86.9 Å². The molecule has 1 aromatic carbocycles. The van der Waals surface area contributed by atoms with Gasteiger partial charge in [-0.1, -0.05) is 24.6 Å². The van der Waals surface area contributed by atoms with Gasteiger partial charge < -0.3 is 15.6 Å². The van der Waals surface area contributed by atoms with E-state index in [0.29, 0.717) is 12.5 Å². The molecular weight excluding hydrogens is 298 g/mol. The summed E-state index contributed by atoms with van der Waals surface area (Å²) in [5.41, 5.74) is 10.5. The zero-order valence-electron chi connectivity index (χ0n) is 15.3. The average Bonchev–Trinajstić information content (AvgIpc) is 2.62. The zero-order valence-corrected chi connectivity index (χ0v) is 15.3. The molecule has 136 valence electrons. The summed E-state index contributed by atoms with van der Waals surface area (Å²) in [7, 11) is 0. The van der Waals surface area contributed by atoms with Crippen LogP contribution in [0.3, 0.4) is 0 Å². The van der Waals surface area contributed by atoms with Crippen molar-refractivity contribution in [1.82, 2.24) is 0 Å². The first-order valence-electron chi connectivity index (χ1n) is 9.78. The van der Waals surface area contributed by atoms with Gasteiger partial charge in [0.25, 0.3) is 0 Å². The standard InChI is InChI=1S/C21H35NO2/c1-2-24-13-5-6-17-8-9-19-15-20(11-10-18(19)14-17)21(16-22)7-3-4-12-23/h10-11,15,17,21,23H,2-9,12-14,16,22H2,1H3/t17-,21+/m1/s1. The van der Waals surface area contributed by atoms with E-state index < -0.39 is 0 Å². The van der Waals surface area contributed by atoms with Crippen molar-refractivity contribution in [3.63, 3.8) is 0 Å². The maximum absolute atomic E-state index is 8.96. The van der Waals surface area contributed by atoms with Crippen LogP contribution in [0.15, 0.2) is 18.2 Å². The monoisotopic (exact) mass is 333 g/mol. The SMILES string of the molecule is CCOCCC[C@@H]1CCc2cc([C@H](CN)CCCCO)ccc2C1. The largest absolute Gasteiger partial charge is 0.396 e. The van der Waals surface area contributed by atoms with E-state index in [0.717, 1.165) is 38.4 Å². The molecule has 1 aliphatic rings. The molecule has 0 aromatic heterocycles. The van der Waals surface area contributed by atoms with Crippen molar-refractivity contribution in [3.05, 3.63) is 34.9 Å². The second-order valence-electron chi connectivity index (χ2n) is 7.13. The van der Waals surface area contributed by atoms with Gasteiger partial charge in [-0.3, -0.25) is 0 Å². The van der Waals surface area contributed by atoms with Crippen LogP contribution >= 0.6 is 0 Å². The van der Waals surface area contributed by atoms with Gasteiger partial charge in [0.05, 0.1) is 0 Å². The molecule has 0 saturated heterocycles. The number of rotatable bonds is 11. The molecule has 0 heterocycles. The van der Waals surface area contributed by atoms with Crippen LogP contribution in [0.4, 0.5) is 0 Å². The Hall–Kier alpha value is -0.900. The lowest BCUT2D eigenvalue weighted by molar-refractivity contribution is 0.138. The predicted octanol–water partition coefficient (Wildman–Crippen LogP) is 3.81. The fraction of sp³-hybridized carbons (Fsp3) is 0.714. The van der Waals surface area contributed by atoms with Gasteiger partial charge in [-0.25, -0.2) is 0 Å². The summed E-state index contributed by atoms with van der Waals surface area (Å²) in [6.45, 7) is 4.78. The Balaban J connectivity index is 1.90. The topological polar surface area (TPSA) is 55.5 Å². The average molecular weight is 334 g/mol. The molecular formula is C21H35NO2. The van der Waals surface area contributed by atoms with Crippen LogP contribution in [-0.2, 0) is 17.6 Å². The van der Waals surface area contributed by atoms with Crippen molar-refractivity contribution >= 4 is 0 Å². The molecule has 0 aliphatic heterocycles. The molecule has 2 atom stereocenters. The Kier molecular flexibility index (Phi) is 8.79. The quantitative estimate of drug-likeness (QED) is 0.605. The molecule has 0 unspecified atom stereocenters. The minimum absolute atomic E-state index is 0.284. The molecule has 1 aliphatic carbocycles. The van der Waals surface area contributed by atoms with E-state index in [2.05, 4.69) is 25.1 Å². The first kappa shape index (κ1) is 19.4. The maximum atomic E-state index is 8.96. The van der Waals surface area contributed by atoms with E-state index >= 15 is 0 Å². The number of benzene rings is 1. The number of unbranched alkanes of at least 4 members (excludes halogenated alkanes) is 1. The number of aryl methyl sites for hydroxylation is 1. The lowest BCUT2D eigenvalue weighted by Crippen LogP contribution is -2.17. The number of aliphatic hydroxyl groups is 1. The number of nitrogens with two attached hydrogens (primary N) is 1. The number of ether oxygens (including phenoxy) is 1. The highest BCUT2D eigenvalue weighted by molar-refractivity contribution is 5.36. The lowest BCUT2D eigenvalue weighted by atomic mass is 9.80. The summed E-state index contributed by atoms with van der Waals surface area (Å²) in [5.74, 6) is 1.25. The highest BCUT2D eigenvalue weighted by atomic mass is 16.5. The van der Waals surface area contributed by atoms with Crippen molar-refractivity contribution in [1.29, 1.82) is 0 Å². The van der Waals surface area contributed by atoms with Gasteiger partial charge >= 0.3 is 0 Å². The Morgan fingerprint density at radius 2 is 2.12 bits per heavy atom. The van der Waals surface area contributed by atoms with E-state index in [9.17, 15) is 0 Å². The molecule has 0 fully saturated rings. The fourth-order valence-corrected chi connectivity index (χ4v) is 3.89. The van der Waals surface area contributed by atoms with Gasteiger partial charge in [0, 0.05) is 19.8 Å². The number of hydrogen-bond acceptors (Lipinski definition) is 3. The zero-order chi connectivity index (χ0) is 17.2. The van der Waals surface area contributed by atoms with Crippen molar-refractivity contribution in [3.8, 4) is 0 Å². The van der Waals surface area contributed by atoms with Crippen molar-refractivity contribution in [2.24, 2.45) is 11.7 Å². The van der Waals surface area contributed by atoms with E-state index in [1.807, 2.05) is 0 Å². The normalized spacial score (nSPS) is 18.4. The number of hydrogen-bond donors (Lipinski definition) is 2. The number of fused-ring (bicyclic) bond motifs is 1. The van der Waals surface area contributed by atoms with Gasteiger partial charge in [0.15, 0.2) is 0 Å². The molecule has 2 rings (SSSR count). The minimum Gasteiger partial charge on any atom is -0.396 e. The molecule has 3 N–H and O–H groups in total. The third-order valence-corrected chi connectivity index (χ3v) is 5.38. The molecule has 1 aromatic rings. The lowest BCUT2D eigenvalue weighted by Gasteiger charge is -2.26. The molecule has 0 saturated carbocycles. The molecule has 0 amide bonds. The highest BCUT2D eigenvalue weighted by Crippen LogP contribution is 2.31. The summed E-state index contributed by atoms with van der Waals surface area (Å²) < 4.78 is 5.46. The predicted molar refractivity (Wildman–Crippen MR) is 100 cm³/mol. The van der Waals surface area contributed by atoms with Gasteiger partial charge in [-0.2, -0.15) is 0 Å². The van der Waals surface area contributed by atoms with Crippen LogP contribution in [0, 0.1) is 5.92 Å². The van der Waals surface area contributed by atoms with Gasteiger partial charge in [0.1, 0.15) is 0 Å². The molecule has 0 radical (unpaired) electrons. The summed E-state index contributed by atoms with van der Waals surface area (Å²) in [4.78, 5) is 0. The molecule has 24 heavy (non-hydrogen) atoms. The molecule has 3 heteroatoms. The molecule has 0 spiro atoms. The first-order chi connectivity index (χ1) is 11.8. The van der Waals surface area contributed by atoms with Crippen LogP contribution in [0.1, 0.15) is 68.1 Å². The Labute approximate surface area is 147 Å². The summed E-state index contributed by atoms with van der Waals surface area (Å²) >= 11 is 0. The summed E-state index contributed by atoms with van der Waals surface area (Å²) in [6.07, 6.45) is 9.22. The number of aliphatic hydroxyl groups excluding tert-OH is 1. The van der Waals surface area contributed by atoms with Crippen molar-refractivity contribution in [2.75, 3.05) is 26.4 Å². The summed E-state index contributed by atoms with van der Waals surface area (Å²) in [5, 5.41) is 8.96. The smallest absolute Gasteiger partial charge is 0.0465 e. The molecule has 0 bridgehead atoms. The second kappa shape index (κ2) is 10.9. The molecule has 3 nitrogen and oxygen atoms in total. The van der Waals surface area contributed by atoms with Gasteiger partial charge in [0.2, 0.25) is 0 Å². The van der Waals surface area contributed by atoms with Crippen LogP contribution in [-0.4, -0.2) is 31.5 Å². The van der Waals surface area contributed by atoms with Crippen molar-refractivity contribution in [2.45, 2.75) is 64.2 Å². The van der Waals surface area contributed by atoms with E-state index in [1.165, 1.54) is 48.8 Å². The highest BCUT2D eigenvalue weighted by Gasteiger charge is 2.20. The van der Waals surface area contributed by atoms with Crippen LogP contribution in [0.25, 0.3) is 0 Å². The van der Waals surface area contributed by atoms with E-state index in [4.69, 9.17) is 15.6 Å². The minimum atomic E-state index is 0.284. The third kappa shape index (κ3) is 5.87. The Bertz CT molecular complexity index is 475. The van der Waals surface area contributed by atoms with Crippen LogP contribution < -0.4 is 5.73 Å². The summed E-state index contributed by atoms with van der Waals surface area (Å²) in [6, 6.07) is 7.04. The maximum Gasteiger partial charge on any atom is 0.0465 e. The third-order valence-electron chi connectivity index (χ3n) is 5.38. The first-order valence-corrected chi connectivity index (χ1v) is 9.78. The van der Waals surface area contributed by atoms with Crippen molar-refractivity contribution < 1.29 is 9.84 Å². The van der Waals surface area contributed by atoms with E-state index in [1.54, 1.807) is 0 Å². The fourth-order valence-electron chi connectivity index (χ4n) is 3.89. The Morgan fingerprint density at radius 3 is 2.88 bits per heavy atom. The van der Waals surface area contributed by atoms with Gasteiger partial charge in [-0.15, -0.1) is 0 Å². The van der Waals surface area contributed by atoms with E-state index in [-0.39, 0.29) is 6.61 Å². The second-order valence-corrected chi connectivity index (χ2v) is 7.13.